The third-order valence-corrected chi connectivity index (χ3v) is 13.5. The Hall–Kier alpha value is -3.58. The van der Waals surface area contributed by atoms with Crippen LogP contribution in [0.5, 0.6) is 0 Å². The van der Waals surface area contributed by atoms with Crippen LogP contribution < -0.4 is 0 Å². The molecule has 1 fully saturated rings. The Morgan fingerprint density at radius 3 is 1.29 bits per heavy atom. The zero-order valence-electron chi connectivity index (χ0n) is 47.5. The van der Waals surface area contributed by atoms with Crippen molar-refractivity contribution in [1.29, 1.82) is 0 Å². The van der Waals surface area contributed by atoms with Gasteiger partial charge in [-0.1, -0.05) is 204 Å². The summed E-state index contributed by atoms with van der Waals surface area (Å²) in [6.45, 7) is 5.88. The summed E-state index contributed by atoms with van der Waals surface area (Å²) in [6.07, 6.45) is 50.4. The molecule has 0 spiro atoms. The van der Waals surface area contributed by atoms with Crippen LogP contribution in [0.15, 0.2) is 60.8 Å². The molecular weight excluding hydrogens is 949 g/mol. The average Bonchev–Trinajstić information content (AvgIpc) is 3.39. The van der Waals surface area contributed by atoms with Crippen molar-refractivity contribution >= 4 is 23.9 Å². The fourth-order valence-electron chi connectivity index (χ4n) is 8.84. The van der Waals surface area contributed by atoms with E-state index in [0.717, 1.165) is 128 Å². The molecule has 0 bridgehead atoms. The Bertz CT molecular complexity index is 1540. The second-order valence-corrected chi connectivity index (χ2v) is 20.6. The van der Waals surface area contributed by atoms with Crippen LogP contribution in [0, 0.1) is 0 Å². The van der Waals surface area contributed by atoms with Crippen molar-refractivity contribution in [2.75, 3.05) is 13.2 Å². The van der Waals surface area contributed by atoms with Crippen molar-refractivity contribution in [2.45, 2.75) is 302 Å². The molecule has 75 heavy (non-hydrogen) atoms. The van der Waals surface area contributed by atoms with Gasteiger partial charge in [-0.15, -0.1) is 0 Å². The minimum absolute atomic E-state index is 0.0523. The van der Waals surface area contributed by atoms with Crippen LogP contribution in [0.1, 0.15) is 265 Å². The normalized spacial score (nSPS) is 18.5. The minimum atomic E-state index is -1.91. The van der Waals surface area contributed by atoms with Gasteiger partial charge in [-0.05, 0) is 103 Å². The maximum absolute atomic E-state index is 13.1. The second kappa shape index (κ2) is 51.2. The Balaban J connectivity index is 2.69. The molecule has 1 aliphatic heterocycles. The van der Waals surface area contributed by atoms with E-state index < -0.39 is 67.3 Å². The first kappa shape index (κ1) is 69.4. The highest BCUT2D eigenvalue weighted by atomic mass is 16.7. The molecule has 0 aromatic carbocycles. The summed E-state index contributed by atoms with van der Waals surface area (Å²) in [5.74, 6) is -3.15. The zero-order valence-corrected chi connectivity index (χ0v) is 47.5. The highest BCUT2D eigenvalue weighted by molar-refractivity contribution is 5.74. The highest BCUT2D eigenvalue weighted by Gasteiger charge is 2.50. The van der Waals surface area contributed by atoms with Gasteiger partial charge in [0.05, 0.1) is 6.61 Å². The van der Waals surface area contributed by atoms with Gasteiger partial charge in [-0.25, -0.2) is 4.79 Å². The van der Waals surface area contributed by atoms with Crippen LogP contribution in [-0.4, -0.2) is 89.2 Å². The van der Waals surface area contributed by atoms with Crippen molar-refractivity contribution in [3.8, 4) is 0 Å². The fourth-order valence-corrected chi connectivity index (χ4v) is 8.84. The molecule has 12 nitrogen and oxygen atoms in total. The molecule has 6 unspecified atom stereocenters. The van der Waals surface area contributed by atoms with Crippen LogP contribution in [0.2, 0.25) is 0 Å². The molecular formula is C63H108O12. The van der Waals surface area contributed by atoms with E-state index in [4.69, 9.17) is 23.7 Å². The van der Waals surface area contributed by atoms with E-state index in [1.807, 2.05) is 0 Å². The van der Waals surface area contributed by atoms with Gasteiger partial charge in [0.25, 0.3) is 0 Å². The first-order valence-corrected chi connectivity index (χ1v) is 30.3. The third-order valence-electron chi connectivity index (χ3n) is 13.5. The Morgan fingerprint density at radius 2 is 0.827 bits per heavy atom. The van der Waals surface area contributed by atoms with Crippen molar-refractivity contribution < 1.29 is 58.2 Å². The number of hydrogen-bond donors (Lipinski definition) is 3. The minimum Gasteiger partial charge on any atom is -0.479 e. The van der Waals surface area contributed by atoms with Crippen molar-refractivity contribution in [2.24, 2.45) is 0 Å². The highest BCUT2D eigenvalue weighted by Crippen LogP contribution is 2.26. The maximum atomic E-state index is 13.1. The summed E-state index contributed by atoms with van der Waals surface area (Å²) in [5, 5.41) is 31.5. The molecule has 0 aromatic heterocycles. The Kier molecular flexibility index (Phi) is 47.4. The summed E-state index contributed by atoms with van der Waals surface area (Å²) in [7, 11) is 0. The summed E-state index contributed by atoms with van der Waals surface area (Å²) < 4.78 is 28.4. The maximum Gasteiger partial charge on any atom is 0.335 e. The second-order valence-electron chi connectivity index (χ2n) is 20.6. The molecule has 0 saturated carbocycles. The number of aliphatic hydroxyl groups is 2. The van der Waals surface area contributed by atoms with E-state index in [9.17, 15) is 34.5 Å². The van der Waals surface area contributed by atoms with Crippen LogP contribution >= 0.6 is 0 Å². The van der Waals surface area contributed by atoms with Crippen molar-refractivity contribution in [3.05, 3.63) is 60.8 Å². The SMILES string of the molecule is CCC/C=C\C/C=C\CCCCCCCC(=O)OC(COC(=O)CCCCCCC/C=C\C/C=C\CCCCC)COC1OC(C(=O)O)C(O)C(O)C1OC(=O)CCCCCCCCC/C=C\CCCCCCCC. The van der Waals surface area contributed by atoms with E-state index in [0.29, 0.717) is 19.3 Å². The molecule has 432 valence electrons. The monoisotopic (exact) mass is 1060 g/mol. The van der Waals surface area contributed by atoms with E-state index >= 15 is 0 Å². The average molecular weight is 1060 g/mol. The molecule has 0 amide bonds. The third kappa shape index (κ3) is 41.2. The number of hydrogen-bond acceptors (Lipinski definition) is 11. The van der Waals surface area contributed by atoms with Gasteiger partial charge in [0.15, 0.2) is 24.6 Å². The lowest BCUT2D eigenvalue weighted by Crippen LogP contribution is -2.61. The van der Waals surface area contributed by atoms with Gasteiger partial charge in [0.1, 0.15) is 18.8 Å². The molecule has 1 heterocycles. The van der Waals surface area contributed by atoms with Crippen LogP contribution in [0.4, 0.5) is 0 Å². The van der Waals surface area contributed by atoms with Crippen LogP contribution in [-0.2, 0) is 42.9 Å². The predicted molar refractivity (Wildman–Crippen MR) is 303 cm³/mol. The van der Waals surface area contributed by atoms with Gasteiger partial charge in [0, 0.05) is 19.3 Å². The van der Waals surface area contributed by atoms with Gasteiger partial charge in [-0.2, -0.15) is 0 Å². The lowest BCUT2D eigenvalue weighted by Gasteiger charge is -2.40. The van der Waals surface area contributed by atoms with Gasteiger partial charge < -0.3 is 39.0 Å². The van der Waals surface area contributed by atoms with Gasteiger partial charge >= 0.3 is 23.9 Å². The molecule has 0 aliphatic carbocycles. The smallest absolute Gasteiger partial charge is 0.335 e. The predicted octanol–water partition coefficient (Wildman–Crippen LogP) is 15.6. The number of unbranched alkanes of at least 4 members (excludes halogenated alkanes) is 27. The van der Waals surface area contributed by atoms with Gasteiger partial charge in [-0.3, -0.25) is 14.4 Å². The Labute approximate surface area is 456 Å². The number of carbonyl (C=O) groups excluding carboxylic acids is 3. The van der Waals surface area contributed by atoms with E-state index in [2.05, 4.69) is 81.5 Å². The summed E-state index contributed by atoms with van der Waals surface area (Å²) in [4.78, 5) is 51.1. The number of ether oxygens (including phenoxy) is 5. The summed E-state index contributed by atoms with van der Waals surface area (Å²) >= 11 is 0. The summed E-state index contributed by atoms with van der Waals surface area (Å²) in [6, 6.07) is 0. The number of esters is 3. The number of carboxylic acid groups (broad SMARTS) is 1. The van der Waals surface area contributed by atoms with Gasteiger partial charge in [0.2, 0.25) is 0 Å². The number of carbonyl (C=O) groups is 4. The molecule has 12 heteroatoms. The summed E-state index contributed by atoms with van der Waals surface area (Å²) in [5.41, 5.74) is 0. The standard InChI is InChI=1S/C63H108O12/c1-4-7-10-13-16-19-22-25-27-28-30-33-36-39-42-45-48-51-57(66)74-61-59(68)58(67)60(62(69)70)75-63(61)72-53-54(73-56(65)50-47-44-41-38-35-31-24-21-18-15-12-9-6-3)52-71-55(64)49-46-43-40-37-34-32-29-26-23-20-17-14-11-8-5-2/h12,15,17,20-21,24-27,29,54,58-61,63,67-68H,4-11,13-14,16,18-19,22-23,28,30-53H2,1-3H3,(H,69,70)/b15-12-,20-17-,24-21-,27-25-,29-26-. The molecule has 3 N–H and O–H groups in total. The van der Waals surface area contributed by atoms with E-state index in [-0.39, 0.29) is 25.9 Å². The molecule has 0 radical (unpaired) electrons. The fraction of sp³-hybridized carbons (Fsp3) is 0.778. The molecule has 0 aromatic rings. The number of allylic oxidation sites excluding steroid dienone is 10. The number of carboxylic acids is 1. The zero-order chi connectivity index (χ0) is 54.7. The molecule has 1 rings (SSSR count). The quantitative estimate of drug-likeness (QED) is 0.0228. The van der Waals surface area contributed by atoms with Crippen LogP contribution in [0.25, 0.3) is 0 Å². The number of aliphatic carboxylic acids is 1. The lowest BCUT2D eigenvalue weighted by atomic mass is 9.98. The van der Waals surface area contributed by atoms with E-state index in [1.54, 1.807) is 0 Å². The first-order chi connectivity index (χ1) is 36.6. The number of rotatable bonds is 51. The lowest BCUT2D eigenvalue weighted by molar-refractivity contribution is -0.301. The topological polar surface area (TPSA) is 175 Å². The largest absolute Gasteiger partial charge is 0.479 e. The molecule has 1 aliphatic rings. The van der Waals surface area contributed by atoms with Crippen molar-refractivity contribution in [1.82, 2.24) is 0 Å². The van der Waals surface area contributed by atoms with E-state index in [1.165, 1.54) is 77.0 Å². The van der Waals surface area contributed by atoms with Crippen LogP contribution in [0.3, 0.4) is 0 Å². The molecule has 6 atom stereocenters. The molecule has 1 saturated heterocycles. The first-order valence-electron chi connectivity index (χ1n) is 30.3. The number of aliphatic hydroxyl groups excluding tert-OH is 2. The van der Waals surface area contributed by atoms with Crippen molar-refractivity contribution in [3.63, 3.8) is 0 Å². The Morgan fingerprint density at radius 1 is 0.440 bits per heavy atom.